The van der Waals surface area contributed by atoms with Gasteiger partial charge in [-0.05, 0) is 12.1 Å². The highest BCUT2D eigenvalue weighted by Gasteiger charge is 2.07. The third kappa shape index (κ3) is 4.27. The third-order valence-corrected chi connectivity index (χ3v) is 2.19. The number of aromatic nitrogens is 1. The quantitative estimate of drug-likeness (QED) is 0.530. The molecule has 0 bridgehead atoms. The number of nitrogens with one attached hydrogen (secondary N) is 1. The van der Waals surface area contributed by atoms with E-state index in [2.05, 4.69) is 9.88 Å². The zero-order chi connectivity index (χ0) is 11.8. The van der Waals surface area contributed by atoms with Crippen LogP contribution in [0.15, 0.2) is 24.4 Å². The summed E-state index contributed by atoms with van der Waals surface area (Å²) in [7, 11) is 1.67. The van der Waals surface area contributed by atoms with Crippen LogP contribution in [0.4, 0.5) is 5.82 Å². The van der Waals surface area contributed by atoms with Crippen LogP contribution in [0.3, 0.4) is 0 Å². The Morgan fingerprint density at radius 2 is 2.31 bits per heavy atom. The van der Waals surface area contributed by atoms with E-state index in [1.54, 1.807) is 13.3 Å². The number of hydrogen-bond donors (Lipinski definition) is 2. The molecular formula is C11H18N4O. The molecule has 0 fully saturated rings. The van der Waals surface area contributed by atoms with Crippen molar-refractivity contribution >= 4 is 11.7 Å². The molecule has 3 N–H and O–H groups in total. The van der Waals surface area contributed by atoms with Gasteiger partial charge in [0.1, 0.15) is 5.82 Å². The van der Waals surface area contributed by atoms with Crippen molar-refractivity contribution in [3.8, 4) is 0 Å². The van der Waals surface area contributed by atoms with Crippen LogP contribution >= 0.6 is 0 Å². The van der Waals surface area contributed by atoms with Crippen molar-refractivity contribution in [1.29, 1.82) is 5.41 Å². The molecule has 1 aromatic rings. The van der Waals surface area contributed by atoms with Crippen LogP contribution in [0.5, 0.6) is 0 Å². The largest absolute Gasteiger partial charge is 0.388 e. The van der Waals surface area contributed by atoms with E-state index in [-0.39, 0.29) is 5.84 Å². The zero-order valence-corrected chi connectivity index (χ0v) is 9.52. The van der Waals surface area contributed by atoms with Gasteiger partial charge in [-0.1, -0.05) is 6.07 Å². The minimum absolute atomic E-state index is 0.193. The fraction of sp³-hybridized carbons (Fsp3) is 0.455. The van der Waals surface area contributed by atoms with Gasteiger partial charge in [0.25, 0.3) is 0 Å². The Bertz CT molecular complexity index is 315. The van der Waals surface area contributed by atoms with Crippen LogP contribution < -0.4 is 10.6 Å². The van der Waals surface area contributed by atoms with E-state index in [1.165, 1.54) is 0 Å². The Morgan fingerprint density at radius 3 is 2.88 bits per heavy atom. The first-order valence-electron chi connectivity index (χ1n) is 5.22. The Hall–Kier alpha value is -1.62. The van der Waals surface area contributed by atoms with Crippen molar-refractivity contribution in [3.63, 3.8) is 0 Å². The fourth-order valence-corrected chi connectivity index (χ4v) is 1.34. The smallest absolute Gasteiger partial charge is 0.128 e. The maximum Gasteiger partial charge on any atom is 0.128 e. The molecule has 5 heteroatoms. The fourth-order valence-electron chi connectivity index (χ4n) is 1.34. The number of nitrogens with zero attached hydrogens (tertiary/aromatic N) is 2. The van der Waals surface area contributed by atoms with Crippen molar-refractivity contribution in [3.05, 3.63) is 24.4 Å². The monoisotopic (exact) mass is 222 g/mol. The summed E-state index contributed by atoms with van der Waals surface area (Å²) in [6.07, 6.45) is 2.29. The van der Waals surface area contributed by atoms with E-state index in [4.69, 9.17) is 15.9 Å². The van der Waals surface area contributed by atoms with Crippen LogP contribution in [0.1, 0.15) is 6.42 Å². The summed E-state index contributed by atoms with van der Waals surface area (Å²) in [4.78, 5) is 6.33. The van der Waals surface area contributed by atoms with Gasteiger partial charge in [0.2, 0.25) is 0 Å². The lowest BCUT2D eigenvalue weighted by Gasteiger charge is -2.22. The molecule has 0 aliphatic rings. The molecule has 0 saturated carbocycles. The van der Waals surface area contributed by atoms with Gasteiger partial charge in [-0.25, -0.2) is 4.98 Å². The van der Waals surface area contributed by atoms with Crippen molar-refractivity contribution in [1.82, 2.24) is 4.98 Å². The second kappa shape index (κ2) is 6.79. The maximum atomic E-state index is 7.23. The Kier molecular flexibility index (Phi) is 5.28. The summed E-state index contributed by atoms with van der Waals surface area (Å²) in [6.45, 7) is 2.07. The van der Waals surface area contributed by atoms with Crippen LogP contribution in [0, 0.1) is 5.41 Å². The summed E-state index contributed by atoms with van der Waals surface area (Å²) in [5.41, 5.74) is 5.35. The molecule has 88 valence electrons. The maximum absolute atomic E-state index is 7.23. The number of pyridine rings is 1. The highest BCUT2D eigenvalue weighted by Crippen LogP contribution is 2.09. The SMILES string of the molecule is COCCN(CCC(=N)N)c1ccccn1. The summed E-state index contributed by atoms with van der Waals surface area (Å²) >= 11 is 0. The summed E-state index contributed by atoms with van der Waals surface area (Å²) in [6, 6.07) is 5.76. The van der Waals surface area contributed by atoms with Gasteiger partial charge in [0.15, 0.2) is 0 Å². The topological polar surface area (TPSA) is 75.2 Å². The normalized spacial score (nSPS) is 10.1. The number of methoxy groups -OCH3 is 1. The third-order valence-electron chi connectivity index (χ3n) is 2.19. The molecule has 0 unspecified atom stereocenters. The molecule has 0 aliphatic heterocycles. The number of ether oxygens (including phenoxy) is 1. The first-order valence-corrected chi connectivity index (χ1v) is 5.22. The number of nitrogens with two attached hydrogens (primary N) is 1. The molecule has 0 saturated heterocycles. The van der Waals surface area contributed by atoms with Gasteiger partial charge >= 0.3 is 0 Å². The predicted molar refractivity (Wildman–Crippen MR) is 64.9 cm³/mol. The van der Waals surface area contributed by atoms with Gasteiger partial charge in [0, 0.05) is 32.8 Å². The van der Waals surface area contributed by atoms with Crippen molar-refractivity contribution in [2.24, 2.45) is 5.73 Å². The van der Waals surface area contributed by atoms with Crippen LogP contribution in [-0.2, 0) is 4.74 Å². The average Bonchev–Trinajstić information content (AvgIpc) is 2.30. The lowest BCUT2D eigenvalue weighted by molar-refractivity contribution is 0.205. The molecule has 0 aromatic carbocycles. The molecule has 1 heterocycles. The number of amidine groups is 1. The number of anilines is 1. The van der Waals surface area contributed by atoms with Gasteiger partial charge in [-0.15, -0.1) is 0 Å². The highest BCUT2D eigenvalue weighted by molar-refractivity contribution is 5.77. The lowest BCUT2D eigenvalue weighted by atomic mass is 10.3. The zero-order valence-electron chi connectivity index (χ0n) is 9.52. The van der Waals surface area contributed by atoms with E-state index >= 15 is 0 Å². The predicted octanol–water partition coefficient (Wildman–Crippen LogP) is 0.860. The average molecular weight is 222 g/mol. The molecule has 0 radical (unpaired) electrons. The number of hydrogen-bond acceptors (Lipinski definition) is 4. The van der Waals surface area contributed by atoms with Gasteiger partial charge in [-0.3, -0.25) is 5.41 Å². The molecule has 0 atom stereocenters. The number of rotatable bonds is 7. The lowest BCUT2D eigenvalue weighted by Crippen LogP contribution is -2.31. The molecule has 5 nitrogen and oxygen atoms in total. The van der Waals surface area contributed by atoms with E-state index in [1.807, 2.05) is 18.2 Å². The van der Waals surface area contributed by atoms with Crippen molar-refractivity contribution < 1.29 is 4.74 Å². The van der Waals surface area contributed by atoms with Crippen molar-refractivity contribution in [2.75, 3.05) is 31.7 Å². The molecule has 16 heavy (non-hydrogen) atoms. The van der Waals surface area contributed by atoms with E-state index in [9.17, 15) is 0 Å². The minimum atomic E-state index is 0.193. The second-order valence-electron chi connectivity index (χ2n) is 3.44. The standard InChI is InChI=1S/C11H18N4O/c1-16-9-8-15(7-5-10(12)13)11-4-2-3-6-14-11/h2-4,6H,5,7-9H2,1H3,(H3,12,13). The van der Waals surface area contributed by atoms with Crippen molar-refractivity contribution in [2.45, 2.75) is 6.42 Å². The minimum Gasteiger partial charge on any atom is -0.388 e. The van der Waals surface area contributed by atoms with E-state index in [0.29, 0.717) is 19.6 Å². The molecule has 0 amide bonds. The van der Waals surface area contributed by atoms with Gasteiger partial charge in [0.05, 0.1) is 12.4 Å². The first kappa shape index (κ1) is 12.4. The van der Waals surface area contributed by atoms with E-state index in [0.717, 1.165) is 12.4 Å². The molecule has 0 spiro atoms. The summed E-state index contributed by atoms with van der Waals surface area (Å²) in [5, 5.41) is 7.23. The van der Waals surface area contributed by atoms with E-state index < -0.39 is 0 Å². The van der Waals surface area contributed by atoms with Gasteiger partial charge < -0.3 is 15.4 Å². The Balaban J connectivity index is 2.59. The highest BCUT2D eigenvalue weighted by atomic mass is 16.5. The second-order valence-corrected chi connectivity index (χ2v) is 3.44. The van der Waals surface area contributed by atoms with Crippen LogP contribution in [0.25, 0.3) is 0 Å². The molecule has 1 aromatic heterocycles. The summed E-state index contributed by atoms with van der Waals surface area (Å²) < 4.78 is 5.05. The Labute approximate surface area is 95.7 Å². The van der Waals surface area contributed by atoms with Crippen LogP contribution in [0.2, 0.25) is 0 Å². The first-order chi connectivity index (χ1) is 7.74. The molecule has 0 aliphatic carbocycles. The van der Waals surface area contributed by atoms with Gasteiger partial charge in [-0.2, -0.15) is 0 Å². The molecule has 1 rings (SSSR count). The van der Waals surface area contributed by atoms with Crippen LogP contribution in [-0.4, -0.2) is 37.6 Å². The summed E-state index contributed by atoms with van der Waals surface area (Å²) in [5.74, 6) is 1.08. The Morgan fingerprint density at radius 1 is 1.50 bits per heavy atom. The molecular weight excluding hydrogens is 204 g/mol.